The van der Waals surface area contributed by atoms with Crippen LogP contribution in [0.3, 0.4) is 0 Å². The Bertz CT molecular complexity index is 419. The van der Waals surface area contributed by atoms with Crippen molar-refractivity contribution in [3.8, 4) is 0 Å². The second kappa shape index (κ2) is 6.15. The van der Waals surface area contributed by atoms with Crippen LogP contribution in [0, 0.1) is 0 Å². The zero-order valence-electron chi connectivity index (χ0n) is 11.9. The van der Waals surface area contributed by atoms with Gasteiger partial charge in [0.1, 0.15) is 0 Å². The Morgan fingerprint density at radius 2 is 2.37 bits per heavy atom. The molecule has 1 atom stereocenters. The molecule has 0 saturated carbocycles. The SMILES string of the molecule is C[As]C1CCN(c2ccnc(NCC(C)(C)O)c2)C1. The van der Waals surface area contributed by atoms with Crippen LogP contribution in [0.4, 0.5) is 11.5 Å². The summed E-state index contributed by atoms with van der Waals surface area (Å²) in [7, 11) is 0. The van der Waals surface area contributed by atoms with Crippen molar-refractivity contribution in [2.45, 2.75) is 36.3 Å². The number of hydrogen-bond donors (Lipinski definition) is 2. The number of hydrogen-bond acceptors (Lipinski definition) is 4. The zero-order valence-corrected chi connectivity index (χ0v) is 13.8. The van der Waals surface area contributed by atoms with E-state index in [4.69, 9.17) is 0 Å². The number of pyridine rings is 1. The molecule has 1 radical (unpaired) electrons. The van der Waals surface area contributed by atoms with Gasteiger partial charge in [0, 0.05) is 0 Å². The van der Waals surface area contributed by atoms with Crippen LogP contribution < -0.4 is 10.2 Å². The molecule has 1 aromatic rings. The van der Waals surface area contributed by atoms with Gasteiger partial charge in [-0.2, -0.15) is 0 Å². The minimum absolute atomic E-state index is 0.482. The van der Waals surface area contributed by atoms with E-state index in [2.05, 4.69) is 33.0 Å². The van der Waals surface area contributed by atoms with E-state index in [0.29, 0.717) is 22.3 Å². The van der Waals surface area contributed by atoms with Crippen molar-refractivity contribution in [3.05, 3.63) is 18.3 Å². The molecule has 1 unspecified atom stereocenters. The van der Waals surface area contributed by atoms with Gasteiger partial charge in [0.2, 0.25) is 0 Å². The molecule has 5 heteroatoms. The predicted octanol–water partition coefficient (Wildman–Crippen LogP) is 2.02. The van der Waals surface area contributed by atoms with Crippen LogP contribution in [0.1, 0.15) is 20.3 Å². The van der Waals surface area contributed by atoms with E-state index >= 15 is 0 Å². The van der Waals surface area contributed by atoms with Crippen molar-refractivity contribution in [2.24, 2.45) is 0 Å². The molecule has 0 aromatic carbocycles. The fraction of sp³-hybridized carbons (Fsp3) is 0.643. The molecular weight excluding hydrogens is 301 g/mol. The number of rotatable bonds is 5. The van der Waals surface area contributed by atoms with E-state index < -0.39 is 5.60 Å². The molecular formula is C14H23AsN3O. The first-order valence-electron chi connectivity index (χ1n) is 6.74. The number of nitrogens with zero attached hydrogens (tertiary/aromatic N) is 2. The molecule has 19 heavy (non-hydrogen) atoms. The summed E-state index contributed by atoms with van der Waals surface area (Å²) in [6.45, 7) is 6.43. The average Bonchev–Trinajstić information content (AvgIpc) is 2.85. The first-order valence-corrected chi connectivity index (χ1v) is 9.70. The molecule has 105 valence electrons. The molecule has 2 rings (SSSR count). The Kier molecular flexibility index (Phi) is 4.75. The molecule has 1 fully saturated rings. The summed E-state index contributed by atoms with van der Waals surface area (Å²) in [5.41, 5.74) is 2.88. The second-order valence-electron chi connectivity index (χ2n) is 5.71. The molecule has 2 heterocycles. The third-order valence-electron chi connectivity index (χ3n) is 3.34. The number of aliphatic hydroxyl groups is 1. The van der Waals surface area contributed by atoms with E-state index in [-0.39, 0.29) is 0 Å². The van der Waals surface area contributed by atoms with Gasteiger partial charge in [0.05, 0.1) is 0 Å². The van der Waals surface area contributed by atoms with Gasteiger partial charge in [-0.25, -0.2) is 0 Å². The van der Waals surface area contributed by atoms with Crippen LogP contribution in [-0.4, -0.2) is 51.1 Å². The third kappa shape index (κ3) is 4.39. The van der Waals surface area contributed by atoms with Crippen LogP contribution in [-0.2, 0) is 0 Å². The van der Waals surface area contributed by atoms with Gasteiger partial charge in [-0.3, -0.25) is 0 Å². The molecule has 0 bridgehead atoms. The molecule has 4 nitrogen and oxygen atoms in total. The molecule has 1 aromatic heterocycles. The van der Waals surface area contributed by atoms with Gasteiger partial charge >= 0.3 is 122 Å². The van der Waals surface area contributed by atoms with E-state index in [9.17, 15) is 5.11 Å². The summed E-state index contributed by atoms with van der Waals surface area (Å²) in [6.07, 6.45) is 3.17. The van der Waals surface area contributed by atoms with Gasteiger partial charge in [0.25, 0.3) is 0 Å². The number of nitrogens with one attached hydrogen (secondary N) is 1. The summed E-state index contributed by atoms with van der Waals surface area (Å²) in [5.74, 6) is 0.841. The summed E-state index contributed by atoms with van der Waals surface area (Å²) in [6, 6.07) is 4.16. The number of anilines is 2. The Labute approximate surface area is 122 Å². The van der Waals surface area contributed by atoms with Crippen molar-refractivity contribution < 1.29 is 5.11 Å². The predicted molar refractivity (Wildman–Crippen MR) is 81.2 cm³/mol. The van der Waals surface area contributed by atoms with Gasteiger partial charge in [-0.1, -0.05) is 0 Å². The van der Waals surface area contributed by atoms with Crippen LogP contribution in [0.15, 0.2) is 18.3 Å². The molecule has 0 spiro atoms. The van der Waals surface area contributed by atoms with E-state index in [1.54, 1.807) is 13.8 Å². The Morgan fingerprint density at radius 3 is 3.00 bits per heavy atom. The van der Waals surface area contributed by atoms with Gasteiger partial charge < -0.3 is 0 Å². The van der Waals surface area contributed by atoms with Crippen molar-refractivity contribution >= 4 is 27.3 Å². The summed E-state index contributed by atoms with van der Waals surface area (Å²) >= 11 is 0.482. The third-order valence-corrected chi connectivity index (χ3v) is 5.76. The Morgan fingerprint density at radius 1 is 1.58 bits per heavy atom. The molecule has 0 amide bonds. The quantitative estimate of drug-likeness (QED) is 0.814. The second-order valence-corrected chi connectivity index (χ2v) is 8.33. The van der Waals surface area contributed by atoms with E-state index in [0.717, 1.165) is 17.1 Å². The Hall–Kier alpha value is -0.732. The molecule has 1 aliphatic rings. The number of aromatic nitrogens is 1. The van der Waals surface area contributed by atoms with E-state index in [1.165, 1.54) is 18.7 Å². The van der Waals surface area contributed by atoms with Crippen LogP contribution in [0.2, 0.25) is 10.4 Å². The minimum atomic E-state index is -0.720. The summed E-state index contributed by atoms with van der Waals surface area (Å²) < 4.78 is 0.914. The normalized spacial score (nSPS) is 20.4. The molecule has 0 aliphatic carbocycles. The van der Waals surface area contributed by atoms with E-state index in [1.807, 2.05) is 6.20 Å². The van der Waals surface area contributed by atoms with Crippen LogP contribution in [0.25, 0.3) is 0 Å². The monoisotopic (exact) mass is 324 g/mol. The van der Waals surface area contributed by atoms with Crippen molar-refractivity contribution in [1.29, 1.82) is 0 Å². The first-order chi connectivity index (χ1) is 8.98. The summed E-state index contributed by atoms with van der Waals surface area (Å²) in [4.78, 5) is 6.76. The fourth-order valence-corrected chi connectivity index (χ4v) is 3.75. The van der Waals surface area contributed by atoms with Gasteiger partial charge in [-0.15, -0.1) is 0 Å². The zero-order chi connectivity index (χ0) is 13.9. The Balaban J connectivity index is 1.99. The molecule has 1 aliphatic heterocycles. The topological polar surface area (TPSA) is 48.4 Å². The molecule has 2 N–H and O–H groups in total. The van der Waals surface area contributed by atoms with Gasteiger partial charge in [0.15, 0.2) is 0 Å². The van der Waals surface area contributed by atoms with Crippen molar-refractivity contribution in [3.63, 3.8) is 0 Å². The van der Waals surface area contributed by atoms with Crippen molar-refractivity contribution in [2.75, 3.05) is 29.9 Å². The standard InChI is InChI=1S/C14H23AsN3O/c1-14(2,19)10-17-13-8-12(4-6-16-13)18-7-5-11(9-18)15-3/h4,6,8,11,19H,5,7,9-10H2,1-3H3,(H,16,17). The average molecular weight is 324 g/mol. The maximum absolute atomic E-state index is 9.73. The van der Waals surface area contributed by atoms with Crippen LogP contribution in [0.5, 0.6) is 0 Å². The fourth-order valence-electron chi connectivity index (χ4n) is 2.21. The summed E-state index contributed by atoms with van der Waals surface area (Å²) in [5, 5.41) is 12.9. The molecule has 1 saturated heterocycles. The van der Waals surface area contributed by atoms with Crippen molar-refractivity contribution in [1.82, 2.24) is 4.98 Å². The van der Waals surface area contributed by atoms with Gasteiger partial charge in [-0.05, 0) is 0 Å². The maximum atomic E-state index is 9.73. The first kappa shape index (κ1) is 14.7. The van der Waals surface area contributed by atoms with Crippen LogP contribution >= 0.6 is 0 Å².